The van der Waals surface area contributed by atoms with Crippen LogP contribution in [0.15, 0.2) is 65.7 Å². The van der Waals surface area contributed by atoms with Crippen LogP contribution in [0.3, 0.4) is 0 Å². The number of benzene rings is 2. The molecule has 198 valence electrons. The number of carboxylic acids is 1. The monoisotopic (exact) mass is 518 g/mol. The first kappa shape index (κ1) is 27.7. The van der Waals surface area contributed by atoms with Crippen molar-refractivity contribution in [3.63, 3.8) is 0 Å². The third-order valence-corrected chi connectivity index (χ3v) is 5.28. The standard InChI is InChI=1S/C24H26N8O2.C2H4O2/c1-3-15-11-16(14-34-2)13-18(12-15)20(29-19-7-5-17(6-8-19)21(25)26)22-30-24(33)32(31-22)23-27-9-4-10-28-23;1-2(3)4/h4-13,20,29H,3,14H2,1-2H3,(H3,25,26)(H,30,31,33);1H3,(H,3,4). The SMILES string of the molecule is CC(=O)O.CCc1cc(COC)cc(C(Nc2ccc(C(=N)N)cc2)c2nn(-c3ncccn3)c(=O)[nH]2)c1. The Morgan fingerprint density at radius 1 is 1.18 bits per heavy atom. The van der Waals surface area contributed by atoms with Gasteiger partial charge in [-0.2, -0.15) is 0 Å². The Bertz CT molecular complexity index is 1430. The lowest BCUT2D eigenvalue weighted by atomic mass is 9.98. The minimum Gasteiger partial charge on any atom is -0.481 e. The number of aromatic nitrogens is 5. The van der Waals surface area contributed by atoms with Crippen molar-refractivity contribution in [1.82, 2.24) is 24.7 Å². The smallest absolute Gasteiger partial charge is 0.350 e. The van der Waals surface area contributed by atoms with Gasteiger partial charge in [0.2, 0.25) is 0 Å². The fourth-order valence-corrected chi connectivity index (χ4v) is 3.64. The van der Waals surface area contributed by atoms with Crippen LogP contribution in [0.4, 0.5) is 5.69 Å². The zero-order valence-electron chi connectivity index (χ0n) is 21.3. The molecule has 1 atom stereocenters. The maximum absolute atomic E-state index is 12.7. The van der Waals surface area contributed by atoms with E-state index in [1.165, 1.54) is 0 Å². The summed E-state index contributed by atoms with van der Waals surface area (Å²) in [5.74, 6) is -0.249. The highest BCUT2D eigenvalue weighted by Crippen LogP contribution is 2.27. The number of carboxylic acid groups (broad SMARTS) is 1. The summed E-state index contributed by atoms with van der Waals surface area (Å²) < 4.78 is 6.50. The Morgan fingerprint density at radius 3 is 2.39 bits per heavy atom. The lowest BCUT2D eigenvalue weighted by Crippen LogP contribution is -2.18. The van der Waals surface area contributed by atoms with E-state index in [1.54, 1.807) is 37.7 Å². The van der Waals surface area contributed by atoms with E-state index in [9.17, 15) is 4.79 Å². The van der Waals surface area contributed by atoms with Gasteiger partial charge in [0.1, 0.15) is 11.9 Å². The average molecular weight is 519 g/mol. The van der Waals surface area contributed by atoms with E-state index in [0.29, 0.717) is 18.0 Å². The van der Waals surface area contributed by atoms with Crippen LogP contribution in [-0.4, -0.2) is 48.8 Å². The second-order valence-corrected chi connectivity index (χ2v) is 8.23. The molecule has 12 nitrogen and oxygen atoms in total. The first-order valence-electron chi connectivity index (χ1n) is 11.7. The van der Waals surface area contributed by atoms with Gasteiger partial charge in [-0.05, 0) is 53.4 Å². The van der Waals surface area contributed by atoms with Gasteiger partial charge in [-0.15, -0.1) is 9.78 Å². The number of aryl methyl sites for hydroxylation is 1. The number of carbonyl (C=O) groups is 1. The number of amidine groups is 1. The van der Waals surface area contributed by atoms with Crippen molar-refractivity contribution >= 4 is 17.5 Å². The number of nitrogen functional groups attached to an aromatic ring is 1. The zero-order valence-corrected chi connectivity index (χ0v) is 21.3. The van der Waals surface area contributed by atoms with Crippen LogP contribution >= 0.6 is 0 Å². The third kappa shape index (κ3) is 7.34. The number of anilines is 1. The fourth-order valence-electron chi connectivity index (χ4n) is 3.64. The van der Waals surface area contributed by atoms with Crippen LogP contribution in [-0.2, 0) is 22.6 Å². The molecule has 0 radical (unpaired) electrons. The van der Waals surface area contributed by atoms with Crippen molar-refractivity contribution in [3.05, 3.63) is 99.5 Å². The molecule has 4 aromatic rings. The molecule has 0 spiro atoms. The number of aliphatic carboxylic acids is 1. The predicted octanol–water partition coefficient (Wildman–Crippen LogP) is 2.64. The number of nitrogens with one attached hydrogen (secondary N) is 3. The third-order valence-electron chi connectivity index (χ3n) is 5.28. The minimum atomic E-state index is -0.833. The Labute approximate surface area is 219 Å². The van der Waals surface area contributed by atoms with Crippen LogP contribution in [0.5, 0.6) is 0 Å². The van der Waals surface area contributed by atoms with Gasteiger partial charge >= 0.3 is 5.69 Å². The highest BCUT2D eigenvalue weighted by molar-refractivity contribution is 5.95. The fraction of sp³-hybridized carbons (Fsp3) is 0.231. The Kier molecular flexibility index (Phi) is 9.43. The van der Waals surface area contributed by atoms with Gasteiger partial charge in [0.15, 0.2) is 5.82 Å². The first-order chi connectivity index (χ1) is 18.2. The second-order valence-electron chi connectivity index (χ2n) is 8.23. The zero-order chi connectivity index (χ0) is 27.7. The normalized spacial score (nSPS) is 11.2. The molecule has 4 rings (SSSR count). The molecule has 2 aromatic carbocycles. The van der Waals surface area contributed by atoms with Gasteiger partial charge < -0.3 is 20.9 Å². The molecule has 0 aliphatic rings. The molecule has 6 N–H and O–H groups in total. The predicted molar refractivity (Wildman–Crippen MR) is 143 cm³/mol. The molecule has 0 amide bonds. The number of methoxy groups -OCH3 is 1. The number of rotatable bonds is 9. The summed E-state index contributed by atoms with van der Waals surface area (Å²) in [6.07, 6.45) is 3.95. The van der Waals surface area contributed by atoms with E-state index in [0.717, 1.165) is 40.4 Å². The van der Waals surface area contributed by atoms with E-state index < -0.39 is 17.7 Å². The summed E-state index contributed by atoms with van der Waals surface area (Å²) in [6, 6.07) is 14.6. The topological polar surface area (TPSA) is 185 Å². The van der Waals surface area contributed by atoms with E-state index in [-0.39, 0.29) is 11.8 Å². The largest absolute Gasteiger partial charge is 0.481 e. The van der Waals surface area contributed by atoms with Gasteiger partial charge in [-0.1, -0.05) is 25.1 Å². The number of nitrogens with two attached hydrogens (primary N) is 1. The van der Waals surface area contributed by atoms with Crippen molar-refractivity contribution in [3.8, 4) is 5.95 Å². The molecule has 0 aliphatic heterocycles. The number of H-pyrrole nitrogens is 1. The lowest BCUT2D eigenvalue weighted by Gasteiger charge is -2.20. The summed E-state index contributed by atoms with van der Waals surface area (Å²) in [7, 11) is 1.66. The number of nitrogens with zero attached hydrogens (tertiary/aromatic N) is 4. The molecule has 0 saturated heterocycles. The summed E-state index contributed by atoms with van der Waals surface area (Å²) >= 11 is 0. The number of ether oxygens (including phenoxy) is 1. The maximum atomic E-state index is 12.7. The number of aromatic amines is 1. The van der Waals surface area contributed by atoms with Gasteiger partial charge in [0.05, 0.1) is 6.61 Å². The highest BCUT2D eigenvalue weighted by Gasteiger charge is 2.22. The quantitative estimate of drug-likeness (QED) is 0.164. The van der Waals surface area contributed by atoms with Crippen LogP contribution in [0.1, 0.15) is 48.0 Å². The Morgan fingerprint density at radius 2 is 1.82 bits per heavy atom. The number of hydrogen-bond donors (Lipinski definition) is 5. The van der Waals surface area contributed by atoms with E-state index in [4.69, 9.17) is 25.8 Å². The second kappa shape index (κ2) is 12.9. The molecule has 38 heavy (non-hydrogen) atoms. The van der Waals surface area contributed by atoms with E-state index in [1.807, 2.05) is 18.2 Å². The molecule has 2 aromatic heterocycles. The summed E-state index contributed by atoms with van der Waals surface area (Å²) in [6.45, 7) is 3.63. The molecular formula is C26H30N8O4. The van der Waals surface area contributed by atoms with Crippen LogP contribution in [0, 0.1) is 5.41 Å². The highest BCUT2D eigenvalue weighted by atomic mass is 16.5. The minimum absolute atomic E-state index is 0.00566. The van der Waals surface area contributed by atoms with Gasteiger partial charge in [0, 0.05) is 37.7 Å². The van der Waals surface area contributed by atoms with Crippen LogP contribution < -0.4 is 16.7 Å². The molecule has 0 aliphatic carbocycles. The van der Waals surface area contributed by atoms with E-state index >= 15 is 0 Å². The average Bonchev–Trinajstić information content (AvgIpc) is 3.28. The van der Waals surface area contributed by atoms with Crippen LogP contribution in [0.2, 0.25) is 0 Å². The van der Waals surface area contributed by atoms with Crippen molar-refractivity contribution in [2.24, 2.45) is 5.73 Å². The summed E-state index contributed by atoms with van der Waals surface area (Å²) in [5.41, 5.74) is 9.61. The maximum Gasteiger partial charge on any atom is 0.350 e. The lowest BCUT2D eigenvalue weighted by molar-refractivity contribution is -0.134. The van der Waals surface area contributed by atoms with Crippen molar-refractivity contribution in [2.45, 2.75) is 32.9 Å². The Balaban J connectivity index is 0.000000934. The number of hydrogen-bond acceptors (Lipinski definition) is 8. The van der Waals surface area contributed by atoms with Gasteiger partial charge in [-0.3, -0.25) is 15.2 Å². The summed E-state index contributed by atoms with van der Waals surface area (Å²) in [4.78, 5) is 32.8. The van der Waals surface area contributed by atoms with Gasteiger partial charge in [-0.25, -0.2) is 14.8 Å². The van der Waals surface area contributed by atoms with Crippen molar-refractivity contribution < 1.29 is 14.6 Å². The molecule has 0 fully saturated rings. The Hall–Kier alpha value is -4.84. The summed E-state index contributed by atoms with van der Waals surface area (Å²) in [5, 5.41) is 23.0. The first-order valence-corrected chi connectivity index (χ1v) is 11.7. The van der Waals surface area contributed by atoms with Crippen LogP contribution in [0.25, 0.3) is 5.95 Å². The molecule has 0 bridgehead atoms. The molecule has 12 heteroatoms. The molecule has 0 saturated carbocycles. The van der Waals surface area contributed by atoms with Gasteiger partial charge in [0.25, 0.3) is 11.9 Å². The van der Waals surface area contributed by atoms with Crippen molar-refractivity contribution in [2.75, 3.05) is 12.4 Å². The molecule has 2 heterocycles. The van der Waals surface area contributed by atoms with Crippen molar-refractivity contribution in [1.29, 1.82) is 5.41 Å². The van der Waals surface area contributed by atoms with E-state index in [2.05, 4.69) is 44.4 Å². The molecule has 1 unspecified atom stereocenters. The molecular weight excluding hydrogens is 488 g/mol.